The van der Waals surface area contributed by atoms with E-state index in [4.69, 9.17) is 4.74 Å². The molecule has 3 rings (SSSR count). The highest BCUT2D eigenvalue weighted by Gasteiger charge is 2.36. The van der Waals surface area contributed by atoms with E-state index in [0.29, 0.717) is 19.2 Å². The van der Waals surface area contributed by atoms with E-state index in [9.17, 15) is 13.9 Å². The van der Waals surface area contributed by atoms with Gasteiger partial charge in [-0.25, -0.2) is 8.78 Å². The summed E-state index contributed by atoms with van der Waals surface area (Å²) >= 11 is 0. The molecule has 5 heteroatoms. The van der Waals surface area contributed by atoms with Crippen LogP contribution in [0.4, 0.5) is 8.78 Å². The number of rotatable bonds is 2. The quantitative estimate of drug-likeness (QED) is 0.903. The lowest BCUT2D eigenvalue weighted by molar-refractivity contribution is -0.104. The Morgan fingerprint density at radius 1 is 1.35 bits per heavy atom. The Morgan fingerprint density at radius 3 is 2.95 bits per heavy atom. The summed E-state index contributed by atoms with van der Waals surface area (Å²) in [5.74, 6) is -1.86. The van der Waals surface area contributed by atoms with Crippen LogP contribution < -0.4 is 0 Å². The van der Waals surface area contributed by atoms with E-state index in [0.717, 1.165) is 19.4 Å². The number of benzene rings is 1. The van der Waals surface area contributed by atoms with E-state index in [1.54, 1.807) is 0 Å². The highest BCUT2D eigenvalue weighted by Crippen LogP contribution is 2.30. The van der Waals surface area contributed by atoms with Crippen LogP contribution in [0.5, 0.6) is 0 Å². The van der Waals surface area contributed by atoms with Gasteiger partial charge in [0.2, 0.25) is 0 Å². The number of aryl methyl sites for hydroxylation is 1. The Balaban J connectivity index is 1.79. The molecule has 0 saturated carbocycles. The van der Waals surface area contributed by atoms with Crippen molar-refractivity contribution in [2.45, 2.75) is 38.0 Å². The topological polar surface area (TPSA) is 32.7 Å². The number of nitrogens with zero attached hydrogens (tertiary/aromatic N) is 1. The van der Waals surface area contributed by atoms with Crippen molar-refractivity contribution in [3.63, 3.8) is 0 Å². The minimum Gasteiger partial charge on any atom is -0.386 e. The fourth-order valence-electron chi connectivity index (χ4n) is 3.12. The largest absolute Gasteiger partial charge is 0.386 e. The molecule has 110 valence electrons. The maximum absolute atomic E-state index is 13.9. The van der Waals surface area contributed by atoms with Gasteiger partial charge in [-0.1, -0.05) is 12.1 Å². The summed E-state index contributed by atoms with van der Waals surface area (Å²) in [6.07, 6.45) is 0.605. The summed E-state index contributed by atoms with van der Waals surface area (Å²) < 4.78 is 33.2. The molecule has 0 spiro atoms. The van der Waals surface area contributed by atoms with Gasteiger partial charge in [-0.05, 0) is 31.9 Å². The number of halogens is 2. The molecule has 1 N–H and O–H groups in total. The number of hydrogen-bond acceptors (Lipinski definition) is 3. The molecule has 2 fully saturated rings. The van der Waals surface area contributed by atoms with Crippen molar-refractivity contribution >= 4 is 0 Å². The third-order valence-corrected chi connectivity index (χ3v) is 4.39. The number of aliphatic hydroxyl groups is 1. The van der Waals surface area contributed by atoms with Gasteiger partial charge in [-0.3, -0.25) is 4.90 Å². The van der Waals surface area contributed by atoms with Crippen LogP contribution in [0.15, 0.2) is 12.1 Å². The second-order valence-electron chi connectivity index (χ2n) is 5.71. The first kappa shape index (κ1) is 13.9. The zero-order valence-electron chi connectivity index (χ0n) is 11.5. The molecule has 3 unspecified atom stereocenters. The van der Waals surface area contributed by atoms with E-state index < -0.39 is 23.8 Å². The van der Waals surface area contributed by atoms with E-state index >= 15 is 0 Å². The zero-order chi connectivity index (χ0) is 14.3. The summed E-state index contributed by atoms with van der Waals surface area (Å²) in [4.78, 5) is 2.26. The maximum Gasteiger partial charge on any atom is 0.164 e. The second kappa shape index (κ2) is 5.39. The van der Waals surface area contributed by atoms with Gasteiger partial charge in [0.1, 0.15) is 12.2 Å². The lowest BCUT2D eigenvalue weighted by Gasteiger charge is -2.37. The Labute approximate surface area is 117 Å². The fourth-order valence-corrected chi connectivity index (χ4v) is 3.12. The lowest BCUT2D eigenvalue weighted by Crippen LogP contribution is -2.48. The van der Waals surface area contributed by atoms with Gasteiger partial charge in [-0.15, -0.1) is 0 Å². The highest BCUT2D eigenvalue weighted by molar-refractivity contribution is 5.27. The van der Waals surface area contributed by atoms with Crippen molar-refractivity contribution < 1.29 is 18.6 Å². The molecule has 2 aliphatic heterocycles. The highest BCUT2D eigenvalue weighted by atomic mass is 19.2. The van der Waals surface area contributed by atoms with Crippen LogP contribution in [0, 0.1) is 18.6 Å². The number of fused-ring (bicyclic) bond motifs is 1. The van der Waals surface area contributed by atoms with Gasteiger partial charge in [0, 0.05) is 18.2 Å². The molecule has 3 atom stereocenters. The summed E-state index contributed by atoms with van der Waals surface area (Å²) in [7, 11) is 0. The number of ether oxygens (including phenoxy) is 1. The number of hydrogen-bond donors (Lipinski definition) is 1. The molecular weight excluding hydrogens is 264 g/mol. The van der Waals surface area contributed by atoms with Crippen LogP contribution >= 0.6 is 0 Å². The molecule has 1 aromatic rings. The molecule has 2 saturated heterocycles. The van der Waals surface area contributed by atoms with Crippen LogP contribution in [0.25, 0.3) is 0 Å². The van der Waals surface area contributed by atoms with Crippen molar-refractivity contribution in [3.05, 3.63) is 34.9 Å². The van der Waals surface area contributed by atoms with Crippen LogP contribution in [-0.4, -0.2) is 41.8 Å². The van der Waals surface area contributed by atoms with E-state index in [1.807, 2.05) is 0 Å². The first-order valence-electron chi connectivity index (χ1n) is 7.06. The Bertz CT molecular complexity index is 509. The SMILES string of the molecule is Cc1ccc(C(O)C2CN3CCCC3CO2)c(F)c1F. The van der Waals surface area contributed by atoms with Crippen LogP contribution in [0.3, 0.4) is 0 Å². The van der Waals surface area contributed by atoms with Crippen LogP contribution in [0.2, 0.25) is 0 Å². The van der Waals surface area contributed by atoms with Crippen molar-refractivity contribution in [2.24, 2.45) is 0 Å². The summed E-state index contributed by atoms with van der Waals surface area (Å²) in [5.41, 5.74) is 0.221. The minimum absolute atomic E-state index is 0.0178. The molecule has 3 nitrogen and oxygen atoms in total. The molecule has 2 aliphatic rings. The normalized spacial score (nSPS) is 28.4. The predicted octanol–water partition coefficient (Wildman–Crippen LogP) is 2.17. The Morgan fingerprint density at radius 2 is 2.15 bits per heavy atom. The fraction of sp³-hybridized carbons (Fsp3) is 0.600. The van der Waals surface area contributed by atoms with Gasteiger partial charge in [0.05, 0.1) is 6.61 Å². The molecule has 1 aromatic carbocycles. The first-order chi connectivity index (χ1) is 9.58. The Kier molecular flexibility index (Phi) is 3.75. The van der Waals surface area contributed by atoms with Crippen molar-refractivity contribution in [1.29, 1.82) is 0 Å². The first-order valence-corrected chi connectivity index (χ1v) is 7.06. The van der Waals surface area contributed by atoms with E-state index in [2.05, 4.69) is 4.90 Å². The van der Waals surface area contributed by atoms with Gasteiger partial charge < -0.3 is 9.84 Å². The number of aliphatic hydroxyl groups excluding tert-OH is 1. The monoisotopic (exact) mass is 283 g/mol. The molecule has 0 radical (unpaired) electrons. The number of morpholine rings is 1. The van der Waals surface area contributed by atoms with Crippen molar-refractivity contribution in [3.8, 4) is 0 Å². The van der Waals surface area contributed by atoms with E-state index in [1.165, 1.54) is 19.1 Å². The third-order valence-electron chi connectivity index (χ3n) is 4.39. The maximum atomic E-state index is 13.9. The lowest BCUT2D eigenvalue weighted by atomic mass is 10.00. The molecule has 0 amide bonds. The smallest absolute Gasteiger partial charge is 0.164 e. The van der Waals surface area contributed by atoms with E-state index in [-0.39, 0.29) is 11.1 Å². The van der Waals surface area contributed by atoms with Gasteiger partial charge >= 0.3 is 0 Å². The molecular formula is C15H19F2NO2. The molecule has 20 heavy (non-hydrogen) atoms. The molecule has 0 aromatic heterocycles. The predicted molar refractivity (Wildman–Crippen MR) is 70.4 cm³/mol. The minimum atomic E-state index is -1.13. The van der Waals surface area contributed by atoms with Crippen molar-refractivity contribution in [2.75, 3.05) is 19.7 Å². The standard InChI is InChI=1S/C15H19F2NO2/c1-9-4-5-11(14(17)13(9)16)15(19)12-7-18-6-2-3-10(18)8-20-12/h4-5,10,12,15,19H,2-3,6-8H2,1H3. The van der Waals surface area contributed by atoms with Crippen molar-refractivity contribution in [1.82, 2.24) is 4.90 Å². The molecule has 0 aliphatic carbocycles. The van der Waals surface area contributed by atoms with Gasteiger partial charge in [0.15, 0.2) is 11.6 Å². The zero-order valence-corrected chi connectivity index (χ0v) is 11.5. The summed E-state index contributed by atoms with van der Waals surface area (Å²) in [5, 5.41) is 10.3. The average Bonchev–Trinajstić information content (AvgIpc) is 2.91. The summed E-state index contributed by atoms with van der Waals surface area (Å²) in [6.45, 7) is 3.61. The molecule has 2 heterocycles. The third kappa shape index (κ3) is 2.34. The van der Waals surface area contributed by atoms with Gasteiger partial charge in [-0.2, -0.15) is 0 Å². The van der Waals surface area contributed by atoms with Crippen LogP contribution in [0.1, 0.15) is 30.1 Å². The summed E-state index contributed by atoms with van der Waals surface area (Å²) in [6, 6.07) is 3.34. The van der Waals surface area contributed by atoms with Gasteiger partial charge in [0.25, 0.3) is 0 Å². The molecule has 0 bridgehead atoms. The van der Waals surface area contributed by atoms with Crippen LogP contribution in [-0.2, 0) is 4.74 Å². The average molecular weight is 283 g/mol. The Hall–Kier alpha value is -1.04. The second-order valence-corrected chi connectivity index (χ2v) is 5.71.